The van der Waals surface area contributed by atoms with Gasteiger partial charge in [-0.15, -0.1) is 0 Å². The maximum absolute atomic E-state index is 12.6. The SMILES string of the molecule is COc1ccc(CNc2cc(-c3ccccc3)nc3ncnn23)cc1OC(F)F. The van der Waals surface area contributed by atoms with E-state index in [-0.39, 0.29) is 11.5 Å². The van der Waals surface area contributed by atoms with Gasteiger partial charge in [-0.2, -0.15) is 23.4 Å². The van der Waals surface area contributed by atoms with Crippen LogP contribution in [0.15, 0.2) is 60.9 Å². The lowest BCUT2D eigenvalue weighted by atomic mass is 10.1. The van der Waals surface area contributed by atoms with Crippen LogP contribution < -0.4 is 14.8 Å². The Morgan fingerprint density at radius 1 is 1.07 bits per heavy atom. The lowest BCUT2D eigenvalue weighted by Gasteiger charge is -2.13. The van der Waals surface area contributed by atoms with Gasteiger partial charge in [0, 0.05) is 18.2 Å². The van der Waals surface area contributed by atoms with Crippen molar-refractivity contribution in [3.63, 3.8) is 0 Å². The molecule has 4 rings (SSSR count). The highest BCUT2D eigenvalue weighted by molar-refractivity contribution is 5.65. The second-order valence-corrected chi connectivity index (χ2v) is 6.08. The number of rotatable bonds is 7. The predicted octanol–water partition coefficient (Wildman–Crippen LogP) is 4.01. The van der Waals surface area contributed by atoms with Gasteiger partial charge < -0.3 is 14.8 Å². The molecule has 2 aromatic heterocycles. The molecule has 0 atom stereocenters. The largest absolute Gasteiger partial charge is 0.493 e. The van der Waals surface area contributed by atoms with Crippen molar-refractivity contribution in [2.75, 3.05) is 12.4 Å². The van der Waals surface area contributed by atoms with E-state index in [9.17, 15) is 8.78 Å². The number of ether oxygens (including phenoxy) is 2. The summed E-state index contributed by atoms with van der Waals surface area (Å²) in [7, 11) is 1.40. The van der Waals surface area contributed by atoms with Crippen LogP contribution in [-0.4, -0.2) is 33.3 Å². The fraction of sp³-hybridized carbons (Fsp3) is 0.150. The molecule has 7 nitrogen and oxygen atoms in total. The molecule has 0 aliphatic carbocycles. The van der Waals surface area contributed by atoms with Gasteiger partial charge in [-0.1, -0.05) is 36.4 Å². The Morgan fingerprint density at radius 3 is 2.66 bits per heavy atom. The van der Waals surface area contributed by atoms with Crippen molar-refractivity contribution >= 4 is 11.6 Å². The molecule has 2 aromatic carbocycles. The first-order valence-corrected chi connectivity index (χ1v) is 8.76. The molecule has 0 saturated carbocycles. The number of fused-ring (bicyclic) bond motifs is 1. The monoisotopic (exact) mass is 397 g/mol. The number of hydrogen-bond acceptors (Lipinski definition) is 6. The molecule has 0 aliphatic heterocycles. The van der Waals surface area contributed by atoms with Gasteiger partial charge in [0.2, 0.25) is 0 Å². The molecule has 0 fully saturated rings. The highest BCUT2D eigenvalue weighted by Crippen LogP contribution is 2.30. The van der Waals surface area contributed by atoms with Crippen molar-refractivity contribution in [1.82, 2.24) is 19.6 Å². The van der Waals surface area contributed by atoms with E-state index in [1.54, 1.807) is 16.6 Å². The van der Waals surface area contributed by atoms with Gasteiger partial charge in [-0.25, -0.2) is 4.98 Å². The number of alkyl halides is 2. The summed E-state index contributed by atoms with van der Waals surface area (Å²) in [6, 6.07) is 16.4. The third kappa shape index (κ3) is 4.08. The van der Waals surface area contributed by atoms with Crippen molar-refractivity contribution in [1.29, 1.82) is 0 Å². The van der Waals surface area contributed by atoms with Gasteiger partial charge in [0.1, 0.15) is 12.1 Å². The number of nitrogens with one attached hydrogen (secondary N) is 1. The second-order valence-electron chi connectivity index (χ2n) is 6.08. The summed E-state index contributed by atoms with van der Waals surface area (Å²) in [4.78, 5) is 8.69. The minimum absolute atomic E-state index is 0.0209. The first-order valence-electron chi connectivity index (χ1n) is 8.76. The molecule has 0 saturated heterocycles. The number of halogens is 2. The molecule has 0 unspecified atom stereocenters. The molecular weight excluding hydrogens is 380 g/mol. The number of benzene rings is 2. The van der Waals surface area contributed by atoms with Crippen molar-refractivity contribution in [3.8, 4) is 22.8 Å². The minimum atomic E-state index is -2.93. The van der Waals surface area contributed by atoms with E-state index in [1.165, 1.54) is 19.5 Å². The summed E-state index contributed by atoms with van der Waals surface area (Å²) >= 11 is 0. The van der Waals surface area contributed by atoms with Gasteiger partial charge in [0.25, 0.3) is 5.78 Å². The smallest absolute Gasteiger partial charge is 0.387 e. The highest BCUT2D eigenvalue weighted by Gasteiger charge is 2.13. The molecule has 0 bridgehead atoms. The molecule has 1 N–H and O–H groups in total. The average Bonchev–Trinajstić information content (AvgIpc) is 3.21. The molecule has 148 valence electrons. The van der Waals surface area contributed by atoms with Crippen LogP contribution in [0, 0.1) is 0 Å². The lowest BCUT2D eigenvalue weighted by Crippen LogP contribution is -2.08. The van der Waals surface area contributed by atoms with Crippen molar-refractivity contribution in [3.05, 3.63) is 66.5 Å². The van der Waals surface area contributed by atoms with Crippen LogP contribution in [0.25, 0.3) is 17.0 Å². The third-order valence-electron chi connectivity index (χ3n) is 4.24. The predicted molar refractivity (Wildman–Crippen MR) is 103 cm³/mol. The fourth-order valence-corrected chi connectivity index (χ4v) is 2.91. The van der Waals surface area contributed by atoms with Crippen LogP contribution in [-0.2, 0) is 6.54 Å². The number of hydrogen-bond donors (Lipinski definition) is 1. The zero-order valence-electron chi connectivity index (χ0n) is 15.4. The van der Waals surface area contributed by atoms with E-state index in [1.807, 2.05) is 36.4 Å². The zero-order valence-corrected chi connectivity index (χ0v) is 15.4. The average molecular weight is 397 g/mol. The molecule has 4 aromatic rings. The Labute approximate surface area is 164 Å². The first-order chi connectivity index (χ1) is 14.1. The van der Waals surface area contributed by atoms with Gasteiger partial charge >= 0.3 is 6.61 Å². The molecule has 9 heteroatoms. The van der Waals surface area contributed by atoms with Crippen molar-refractivity contribution in [2.45, 2.75) is 13.2 Å². The molecule has 0 aliphatic rings. The number of anilines is 1. The van der Waals surface area contributed by atoms with Gasteiger partial charge in [0.05, 0.1) is 12.8 Å². The molecule has 29 heavy (non-hydrogen) atoms. The van der Waals surface area contributed by atoms with Crippen molar-refractivity contribution in [2.24, 2.45) is 0 Å². The summed E-state index contributed by atoms with van der Waals surface area (Å²) in [5.74, 6) is 1.33. The number of methoxy groups -OCH3 is 1. The summed E-state index contributed by atoms with van der Waals surface area (Å²) < 4.78 is 36.5. The standard InChI is InChI=1S/C20H17F2N5O2/c1-28-16-8-7-13(9-17(16)29-19(21)22)11-23-18-10-15(14-5-3-2-4-6-14)26-20-24-12-25-27(18)20/h2-10,12,19,23H,11H2,1H3. The van der Waals surface area contributed by atoms with E-state index in [0.717, 1.165) is 16.8 Å². The first kappa shape index (κ1) is 18.6. The minimum Gasteiger partial charge on any atom is -0.493 e. The lowest BCUT2D eigenvalue weighted by molar-refractivity contribution is -0.0512. The Hall–Kier alpha value is -3.75. The molecular formula is C20H17F2N5O2. The maximum Gasteiger partial charge on any atom is 0.387 e. The van der Waals surface area contributed by atoms with E-state index in [0.29, 0.717) is 18.1 Å². The quantitative estimate of drug-likeness (QED) is 0.508. The zero-order chi connectivity index (χ0) is 20.2. The Kier molecular flexibility index (Phi) is 5.19. The normalized spacial score (nSPS) is 11.0. The highest BCUT2D eigenvalue weighted by atomic mass is 19.3. The van der Waals surface area contributed by atoms with Gasteiger partial charge in [0.15, 0.2) is 11.5 Å². The second kappa shape index (κ2) is 8.09. The summed E-state index contributed by atoms with van der Waals surface area (Å²) in [5.41, 5.74) is 2.41. The Morgan fingerprint density at radius 2 is 1.90 bits per heavy atom. The maximum atomic E-state index is 12.6. The van der Waals surface area contributed by atoms with Gasteiger partial charge in [-0.05, 0) is 17.7 Å². The van der Waals surface area contributed by atoms with Crippen LogP contribution in [0.3, 0.4) is 0 Å². The van der Waals surface area contributed by atoms with E-state index in [4.69, 9.17) is 4.74 Å². The third-order valence-corrected chi connectivity index (χ3v) is 4.24. The number of nitrogens with zero attached hydrogens (tertiary/aromatic N) is 4. The van der Waals surface area contributed by atoms with Crippen LogP contribution in [0.5, 0.6) is 11.5 Å². The summed E-state index contributed by atoms with van der Waals surface area (Å²) in [5, 5.41) is 7.44. The van der Waals surface area contributed by atoms with E-state index >= 15 is 0 Å². The summed E-state index contributed by atoms with van der Waals surface area (Å²) in [6.45, 7) is -2.59. The molecule has 0 radical (unpaired) electrons. The van der Waals surface area contributed by atoms with Crippen LogP contribution >= 0.6 is 0 Å². The van der Waals surface area contributed by atoms with Gasteiger partial charge in [-0.3, -0.25) is 0 Å². The van der Waals surface area contributed by atoms with E-state index in [2.05, 4.69) is 25.1 Å². The van der Waals surface area contributed by atoms with Crippen LogP contribution in [0.2, 0.25) is 0 Å². The Balaban J connectivity index is 1.62. The van der Waals surface area contributed by atoms with Crippen LogP contribution in [0.1, 0.15) is 5.56 Å². The number of aromatic nitrogens is 4. The Bertz CT molecular complexity index is 1120. The topological polar surface area (TPSA) is 73.6 Å². The molecule has 0 amide bonds. The molecule has 0 spiro atoms. The van der Waals surface area contributed by atoms with E-state index < -0.39 is 6.61 Å². The summed E-state index contributed by atoms with van der Waals surface area (Å²) in [6.07, 6.45) is 1.42. The van der Waals surface area contributed by atoms with Crippen LogP contribution in [0.4, 0.5) is 14.6 Å². The van der Waals surface area contributed by atoms with Crippen molar-refractivity contribution < 1.29 is 18.3 Å². The fourth-order valence-electron chi connectivity index (χ4n) is 2.91. The molecule has 2 heterocycles.